The van der Waals surface area contributed by atoms with Crippen molar-refractivity contribution < 1.29 is 4.79 Å². The summed E-state index contributed by atoms with van der Waals surface area (Å²) >= 11 is 6.01. The summed E-state index contributed by atoms with van der Waals surface area (Å²) < 4.78 is 0. The van der Waals surface area contributed by atoms with Crippen LogP contribution in [0.5, 0.6) is 0 Å². The van der Waals surface area contributed by atoms with Gasteiger partial charge in [-0.3, -0.25) is 4.79 Å². The second-order valence-electron chi connectivity index (χ2n) is 6.70. The molecule has 0 spiro atoms. The van der Waals surface area contributed by atoms with Crippen LogP contribution >= 0.6 is 11.6 Å². The van der Waals surface area contributed by atoms with E-state index in [1.807, 2.05) is 39.0 Å². The molecule has 0 fully saturated rings. The van der Waals surface area contributed by atoms with Crippen LogP contribution in [-0.2, 0) is 10.2 Å². The standard InChI is InChI=1S/C19H16ClN5O/c1-11-22-9-13(10-23-11)12-4-5-14-15(8-12)25(17(26)19(14,2)3)18-21-7-6-16(20)24-18/h4-10H,1-3H3. The summed E-state index contributed by atoms with van der Waals surface area (Å²) in [7, 11) is 0. The van der Waals surface area contributed by atoms with Crippen LogP contribution in [-0.4, -0.2) is 25.8 Å². The van der Waals surface area contributed by atoms with Crippen molar-refractivity contribution in [2.24, 2.45) is 0 Å². The van der Waals surface area contributed by atoms with Crippen LogP contribution in [0.15, 0.2) is 42.9 Å². The predicted octanol–water partition coefficient (Wildman–Crippen LogP) is 3.85. The number of amides is 1. The number of benzene rings is 1. The molecule has 0 radical (unpaired) electrons. The van der Waals surface area contributed by atoms with Gasteiger partial charge in [0.1, 0.15) is 11.0 Å². The molecule has 4 rings (SSSR count). The Bertz CT molecular complexity index is 1020. The average Bonchev–Trinajstić information content (AvgIpc) is 2.81. The first-order valence-corrected chi connectivity index (χ1v) is 8.52. The molecule has 0 aliphatic carbocycles. The number of aryl methyl sites for hydroxylation is 1. The zero-order valence-corrected chi connectivity index (χ0v) is 15.3. The number of hydrogen-bond donors (Lipinski definition) is 0. The molecule has 6 nitrogen and oxygen atoms in total. The van der Waals surface area contributed by atoms with E-state index in [0.29, 0.717) is 5.82 Å². The van der Waals surface area contributed by atoms with Crippen molar-refractivity contribution in [1.29, 1.82) is 0 Å². The van der Waals surface area contributed by atoms with Crippen molar-refractivity contribution in [2.45, 2.75) is 26.2 Å². The topological polar surface area (TPSA) is 71.9 Å². The van der Waals surface area contributed by atoms with E-state index in [1.165, 1.54) is 4.90 Å². The van der Waals surface area contributed by atoms with E-state index in [1.54, 1.807) is 24.7 Å². The van der Waals surface area contributed by atoms with Gasteiger partial charge in [-0.1, -0.05) is 23.7 Å². The number of aromatic nitrogens is 4. The Morgan fingerprint density at radius 3 is 2.46 bits per heavy atom. The quantitative estimate of drug-likeness (QED) is 0.645. The van der Waals surface area contributed by atoms with E-state index >= 15 is 0 Å². The van der Waals surface area contributed by atoms with Gasteiger partial charge in [-0.15, -0.1) is 0 Å². The summed E-state index contributed by atoms with van der Waals surface area (Å²) in [5.41, 5.74) is 2.79. The number of carbonyl (C=O) groups excluding carboxylic acids is 1. The number of carbonyl (C=O) groups is 1. The van der Waals surface area contributed by atoms with E-state index in [9.17, 15) is 4.79 Å². The van der Waals surface area contributed by atoms with Gasteiger partial charge < -0.3 is 0 Å². The molecule has 3 aromatic rings. The van der Waals surface area contributed by atoms with Crippen LogP contribution in [0, 0.1) is 6.92 Å². The molecule has 1 aromatic carbocycles. The minimum Gasteiger partial charge on any atom is -0.273 e. The third-order valence-corrected chi connectivity index (χ3v) is 4.78. The number of halogens is 1. The monoisotopic (exact) mass is 365 g/mol. The number of nitrogens with zero attached hydrogens (tertiary/aromatic N) is 5. The molecule has 0 bridgehead atoms. The van der Waals surface area contributed by atoms with Gasteiger partial charge in [-0.25, -0.2) is 24.8 Å². The molecule has 0 unspecified atom stereocenters. The van der Waals surface area contributed by atoms with Gasteiger partial charge in [-0.2, -0.15) is 0 Å². The smallest absolute Gasteiger partial charge is 0.244 e. The van der Waals surface area contributed by atoms with Gasteiger partial charge in [-0.05, 0) is 44.0 Å². The van der Waals surface area contributed by atoms with Crippen LogP contribution < -0.4 is 4.90 Å². The van der Waals surface area contributed by atoms with Crippen molar-refractivity contribution in [2.75, 3.05) is 4.90 Å². The van der Waals surface area contributed by atoms with Crippen molar-refractivity contribution in [3.8, 4) is 11.1 Å². The molecule has 0 atom stereocenters. The molecular formula is C19H16ClN5O. The van der Waals surface area contributed by atoms with Crippen LogP contribution in [0.25, 0.3) is 11.1 Å². The molecule has 1 aliphatic heterocycles. The Morgan fingerprint density at radius 2 is 1.77 bits per heavy atom. The van der Waals surface area contributed by atoms with Gasteiger partial charge >= 0.3 is 0 Å². The molecular weight excluding hydrogens is 350 g/mol. The van der Waals surface area contributed by atoms with Crippen molar-refractivity contribution >= 4 is 29.1 Å². The molecule has 26 heavy (non-hydrogen) atoms. The summed E-state index contributed by atoms with van der Waals surface area (Å²) in [6.07, 6.45) is 5.08. The zero-order chi connectivity index (χ0) is 18.5. The highest BCUT2D eigenvalue weighted by Crippen LogP contribution is 2.45. The summed E-state index contributed by atoms with van der Waals surface area (Å²) in [6, 6.07) is 7.47. The molecule has 1 aliphatic rings. The highest BCUT2D eigenvalue weighted by Gasteiger charge is 2.45. The summed E-state index contributed by atoms with van der Waals surface area (Å²) in [5.74, 6) is 0.888. The van der Waals surface area contributed by atoms with Gasteiger partial charge in [0.2, 0.25) is 11.9 Å². The third kappa shape index (κ3) is 2.54. The van der Waals surface area contributed by atoms with E-state index in [-0.39, 0.29) is 17.0 Å². The fourth-order valence-electron chi connectivity index (χ4n) is 3.10. The second kappa shape index (κ2) is 5.85. The summed E-state index contributed by atoms with van der Waals surface area (Å²) in [5, 5.41) is 0.289. The van der Waals surface area contributed by atoms with Crippen LogP contribution in [0.4, 0.5) is 11.6 Å². The molecule has 0 saturated carbocycles. The molecule has 3 heterocycles. The van der Waals surface area contributed by atoms with Crippen molar-refractivity contribution in [1.82, 2.24) is 19.9 Å². The maximum atomic E-state index is 13.1. The minimum atomic E-state index is -0.677. The zero-order valence-electron chi connectivity index (χ0n) is 14.6. The Morgan fingerprint density at radius 1 is 1.04 bits per heavy atom. The lowest BCUT2D eigenvalue weighted by atomic mass is 9.85. The Labute approximate surface area is 155 Å². The lowest BCUT2D eigenvalue weighted by Gasteiger charge is -2.18. The van der Waals surface area contributed by atoms with Crippen molar-refractivity contribution in [3.63, 3.8) is 0 Å². The van der Waals surface area contributed by atoms with E-state index in [2.05, 4.69) is 19.9 Å². The highest BCUT2D eigenvalue weighted by atomic mass is 35.5. The number of rotatable bonds is 2. The molecule has 1 amide bonds. The van der Waals surface area contributed by atoms with E-state index in [0.717, 1.165) is 22.4 Å². The van der Waals surface area contributed by atoms with E-state index < -0.39 is 5.41 Å². The first-order valence-electron chi connectivity index (χ1n) is 8.14. The lowest BCUT2D eigenvalue weighted by molar-refractivity contribution is -0.121. The Kier molecular flexibility index (Phi) is 3.73. The molecule has 130 valence electrons. The molecule has 0 saturated heterocycles. The largest absolute Gasteiger partial charge is 0.273 e. The normalized spacial score (nSPS) is 15.2. The van der Waals surface area contributed by atoms with Crippen LogP contribution in [0.3, 0.4) is 0 Å². The average molecular weight is 366 g/mol. The Hall–Kier alpha value is -2.86. The third-order valence-electron chi connectivity index (χ3n) is 4.57. The maximum Gasteiger partial charge on any atom is 0.244 e. The van der Waals surface area contributed by atoms with Gasteiger partial charge in [0, 0.05) is 24.2 Å². The number of fused-ring (bicyclic) bond motifs is 1. The Balaban J connectivity index is 1.89. The van der Waals surface area contributed by atoms with Crippen LogP contribution in [0.1, 0.15) is 25.2 Å². The van der Waals surface area contributed by atoms with Crippen LogP contribution in [0.2, 0.25) is 5.15 Å². The minimum absolute atomic E-state index is 0.0907. The highest BCUT2D eigenvalue weighted by molar-refractivity contribution is 6.29. The number of hydrogen-bond acceptors (Lipinski definition) is 5. The van der Waals surface area contributed by atoms with E-state index in [4.69, 9.17) is 11.6 Å². The van der Waals surface area contributed by atoms with Gasteiger partial charge in [0.05, 0.1) is 11.1 Å². The first kappa shape index (κ1) is 16.6. The van der Waals surface area contributed by atoms with Gasteiger partial charge in [0.15, 0.2) is 0 Å². The molecule has 7 heteroatoms. The molecule has 2 aromatic heterocycles. The maximum absolute atomic E-state index is 13.1. The SMILES string of the molecule is Cc1ncc(-c2ccc3c(c2)N(c2nccc(Cl)n2)C(=O)C3(C)C)cn1. The summed E-state index contributed by atoms with van der Waals surface area (Å²) in [6.45, 7) is 5.63. The van der Waals surface area contributed by atoms with Gasteiger partial charge in [0.25, 0.3) is 0 Å². The lowest BCUT2D eigenvalue weighted by Crippen LogP contribution is -2.34. The number of anilines is 2. The second-order valence-corrected chi connectivity index (χ2v) is 7.08. The fourth-order valence-corrected chi connectivity index (χ4v) is 3.24. The summed E-state index contributed by atoms with van der Waals surface area (Å²) in [4.78, 5) is 31.5. The predicted molar refractivity (Wildman–Crippen MR) is 99.4 cm³/mol. The molecule has 0 N–H and O–H groups in total. The van der Waals surface area contributed by atoms with Crippen molar-refractivity contribution in [3.05, 3.63) is 59.4 Å². The first-order chi connectivity index (χ1) is 12.4. The fraction of sp³-hybridized carbons (Fsp3) is 0.211.